The van der Waals surface area contributed by atoms with Crippen molar-refractivity contribution in [2.75, 3.05) is 17.6 Å². The van der Waals surface area contributed by atoms with E-state index in [2.05, 4.69) is 28.3 Å². The second-order valence-corrected chi connectivity index (χ2v) is 5.34. The summed E-state index contributed by atoms with van der Waals surface area (Å²) in [6.45, 7) is 4.41. The Kier molecular flexibility index (Phi) is 5.68. The van der Waals surface area contributed by atoms with Crippen LogP contribution in [0, 0.1) is 13.8 Å². The Morgan fingerprint density at radius 1 is 1.29 bits per heavy atom. The van der Waals surface area contributed by atoms with E-state index in [4.69, 9.17) is 11.5 Å². The van der Waals surface area contributed by atoms with Crippen molar-refractivity contribution in [2.45, 2.75) is 13.8 Å². The summed E-state index contributed by atoms with van der Waals surface area (Å²) >= 11 is 0. The minimum absolute atomic E-state index is 0.175. The van der Waals surface area contributed by atoms with Crippen LogP contribution in [0.5, 0.6) is 0 Å². The number of carbonyl (C=O) groups is 1. The summed E-state index contributed by atoms with van der Waals surface area (Å²) in [4.78, 5) is 19.5. The van der Waals surface area contributed by atoms with E-state index in [1.165, 1.54) is 11.8 Å². The lowest BCUT2D eigenvalue weighted by molar-refractivity contribution is -0.104. The average Bonchev–Trinajstić information content (AvgIpc) is 2.57. The van der Waals surface area contributed by atoms with Gasteiger partial charge in [0.1, 0.15) is 12.1 Å². The molecular weight excluding hydrogens is 302 g/mol. The maximum Gasteiger partial charge on any atom is 0.222 e. The predicted molar refractivity (Wildman–Crippen MR) is 97.3 cm³/mol. The molecule has 0 atom stereocenters. The molecular formula is C18H21N5O. The predicted octanol–water partition coefficient (Wildman–Crippen LogP) is 2.35. The van der Waals surface area contributed by atoms with Gasteiger partial charge in [0.25, 0.3) is 0 Å². The molecule has 1 aromatic heterocycles. The third-order valence-corrected chi connectivity index (χ3v) is 3.67. The minimum atomic E-state index is 0.175. The lowest BCUT2D eigenvalue weighted by Crippen LogP contribution is -2.09. The number of hydrogen-bond donors (Lipinski definition) is 3. The smallest absolute Gasteiger partial charge is 0.222 e. The zero-order valence-electron chi connectivity index (χ0n) is 13.8. The number of aromatic nitrogens is 2. The van der Waals surface area contributed by atoms with E-state index < -0.39 is 0 Å². The third-order valence-electron chi connectivity index (χ3n) is 3.67. The maximum absolute atomic E-state index is 11.0. The summed E-state index contributed by atoms with van der Waals surface area (Å²) in [7, 11) is 0. The fourth-order valence-electron chi connectivity index (χ4n) is 2.23. The number of rotatable bonds is 6. The van der Waals surface area contributed by atoms with E-state index >= 15 is 0 Å². The van der Waals surface area contributed by atoms with Crippen molar-refractivity contribution in [1.82, 2.24) is 9.97 Å². The van der Waals surface area contributed by atoms with E-state index in [0.29, 0.717) is 17.9 Å². The van der Waals surface area contributed by atoms with Gasteiger partial charge in [0.2, 0.25) is 5.95 Å². The summed E-state index contributed by atoms with van der Waals surface area (Å²) in [6.07, 6.45) is 5.37. The van der Waals surface area contributed by atoms with Gasteiger partial charge in [0.15, 0.2) is 0 Å². The highest BCUT2D eigenvalue weighted by Crippen LogP contribution is 2.26. The van der Waals surface area contributed by atoms with Crippen LogP contribution >= 0.6 is 0 Å². The van der Waals surface area contributed by atoms with Crippen molar-refractivity contribution < 1.29 is 4.79 Å². The van der Waals surface area contributed by atoms with Crippen molar-refractivity contribution >= 4 is 18.1 Å². The number of nitrogens with one attached hydrogen (secondary N) is 1. The standard InChI is InChI=1S/C18H21N5O/c1-12-5-3-7-15(13(12)2)16-9-17(23-18(20)22-16)21-10-14(11-24)6-4-8-19/h3-9,11H,10,19H2,1-2H3,(H3,20,21,22,23)/b8-4-,14-6-. The summed E-state index contributed by atoms with van der Waals surface area (Å²) in [5.74, 6) is 0.734. The van der Waals surface area contributed by atoms with Crippen LogP contribution in [0.2, 0.25) is 0 Å². The van der Waals surface area contributed by atoms with Gasteiger partial charge in [-0.05, 0) is 37.3 Å². The van der Waals surface area contributed by atoms with Crippen LogP contribution in [-0.2, 0) is 4.79 Å². The number of carbonyl (C=O) groups excluding carboxylic acids is 1. The van der Waals surface area contributed by atoms with Gasteiger partial charge in [0, 0.05) is 23.7 Å². The highest BCUT2D eigenvalue weighted by atomic mass is 16.1. The van der Waals surface area contributed by atoms with Crippen LogP contribution in [0.4, 0.5) is 11.8 Å². The number of nitrogen functional groups attached to an aromatic ring is 1. The molecule has 0 fully saturated rings. The third kappa shape index (κ3) is 4.19. The Balaban J connectivity index is 2.29. The zero-order chi connectivity index (χ0) is 17.5. The van der Waals surface area contributed by atoms with E-state index in [1.807, 2.05) is 25.1 Å². The molecule has 124 valence electrons. The molecule has 0 unspecified atom stereocenters. The molecule has 5 N–H and O–H groups in total. The van der Waals surface area contributed by atoms with Crippen LogP contribution in [0.3, 0.4) is 0 Å². The topological polar surface area (TPSA) is 107 Å². The molecule has 2 rings (SSSR count). The highest BCUT2D eigenvalue weighted by molar-refractivity contribution is 5.75. The van der Waals surface area contributed by atoms with Crippen LogP contribution in [-0.4, -0.2) is 22.8 Å². The van der Waals surface area contributed by atoms with E-state index in [-0.39, 0.29) is 5.95 Å². The Hall–Kier alpha value is -3.15. The van der Waals surface area contributed by atoms with Crippen LogP contribution in [0.15, 0.2) is 48.2 Å². The fourth-order valence-corrected chi connectivity index (χ4v) is 2.23. The molecule has 0 radical (unpaired) electrons. The van der Waals surface area contributed by atoms with Gasteiger partial charge in [-0.3, -0.25) is 4.79 Å². The van der Waals surface area contributed by atoms with Crippen molar-refractivity contribution in [2.24, 2.45) is 5.73 Å². The minimum Gasteiger partial charge on any atom is -0.405 e. The Morgan fingerprint density at radius 2 is 2.08 bits per heavy atom. The first-order valence-corrected chi connectivity index (χ1v) is 7.52. The largest absolute Gasteiger partial charge is 0.405 e. The van der Waals surface area contributed by atoms with Gasteiger partial charge >= 0.3 is 0 Å². The molecule has 1 heterocycles. The molecule has 0 saturated heterocycles. The van der Waals surface area contributed by atoms with Gasteiger partial charge in [-0.15, -0.1) is 0 Å². The first-order chi connectivity index (χ1) is 11.5. The average molecular weight is 323 g/mol. The molecule has 1 aromatic carbocycles. The molecule has 0 saturated carbocycles. The number of aryl methyl sites for hydroxylation is 1. The number of aldehydes is 1. The van der Waals surface area contributed by atoms with Crippen LogP contribution < -0.4 is 16.8 Å². The number of allylic oxidation sites excluding steroid dienone is 2. The normalized spacial score (nSPS) is 11.7. The molecule has 0 bridgehead atoms. The Morgan fingerprint density at radius 3 is 2.79 bits per heavy atom. The second kappa shape index (κ2) is 7.92. The molecule has 6 heteroatoms. The quantitative estimate of drug-likeness (QED) is 0.428. The van der Waals surface area contributed by atoms with Crippen LogP contribution in [0.25, 0.3) is 11.3 Å². The molecule has 2 aromatic rings. The maximum atomic E-state index is 11.0. The van der Waals surface area contributed by atoms with E-state index in [9.17, 15) is 4.79 Å². The molecule has 24 heavy (non-hydrogen) atoms. The first-order valence-electron chi connectivity index (χ1n) is 7.52. The summed E-state index contributed by atoms with van der Waals surface area (Å²) in [6, 6.07) is 7.85. The molecule has 0 aliphatic carbocycles. The second-order valence-electron chi connectivity index (χ2n) is 5.34. The van der Waals surface area contributed by atoms with Gasteiger partial charge in [-0.25, -0.2) is 4.98 Å². The van der Waals surface area contributed by atoms with Crippen molar-refractivity contribution in [3.8, 4) is 11.3 Å². The van der Waals surface area contributed by atoms with Gasteiger partial charge in [-0.1, -0.05) is 24.3 Å². The number of hydrogen-bond acceptors (Lipinski definition) is 6. The lowest BCUT2D eigenvalue weighted by atomic mass is 10.0. The summed E-state index contributed by atoms with van der Waals surface area (Å²) in [5.41, 5.74) is 15.7. The van der Waals surface area contributed by atoms with Crippen molar-refractivity contribution in [3.05, 3.63) is 59.3 Å². The first kappa shape index (κ1) is 17.2. The van der Waals surface area contributed by atoms with Gasteiger partial charge in [-0.2, -0.15) is 4.98 Å². The monoisotopic (exact) mass is 323 g/mol. The van der Waals surface area contributed by atoms with Crippen LogP contribution in [0.1, 0.15) is 11.1 Å². The summed E-state index contributed by atoms with van der Waals surface area (Å²) in [5, 5.41) is 3.08. The number of nitrogens with two attached hydrogens (primary N) is 2. The number of benzene rings is 1. The molecule has 0 amide bonds. The molecule has 0 aliphatic heterocycles. The van der Waals surface area contributed by atoms with Crippen molar-refractivity contribution in [1.29, 1.82) is 0 Å². The molecule has 0 aliphatic rings. The SMILES string of the molecule is Cc1cccc(-c2cc(NC/C(C=O)=C/C=C\N)nc(N)n2)c1C. The number of nitrogens with zero attached hydrogens (tertiary/aromatic N) is 2. The fraction of sp³-hybridized carbons (Fsp3) is 0.167. The number of anilines is 2. The Labute approximate surface area is 141 Å². The van der Waals surface area contributed by atoms with E-state index in [0.717, 1.165) is 23.1 Å². The lowest BCUT2D eigenvalue weighted by Gasteiger charge is -2.11. The highest BCUT2D eigenvalue weighted by Gasteiger charge is 2.09. The van der Waals surface area contributed by atoms with E-state index in [1.54, 1.807) is 12.2 Å². The summed E-state index contributed by atoms with van der Waals surface area (Å²) < 4.78 is 0. The van der Waals surface area contributed by atoms with Gasteiger partial charge < -0.3 is 16.8 Å². The molecule has 6 nitrogen and oxygen atoms in total. The Bertz CT molecular complexity index is 796. The molecule has 0 spiro atoms. The van der Waals surface area contributed by atoms with Gasteiger partial charge in [0.05, 0.1) is 5.69 Å². The van der Waals surface area contributed by atoms with Crippen molar-refractivity contribution in [3.63, 3.8) is 0 Å². The zero-order valence-corrected chi connectivity index (χ0v) is 13.8.